The van der Waals surface area contributed by atoms with Crippen molar-refractivity contribution in [2.24, 2.45) is 0 Å². The molecule has 0 N–H and O–H groups in total. The monoisotopic (exact) mass is 214 g/mol. The molecule has 0 aromatic heterocycles. The third-order valence-electron chi connectivity index (χ3n) is 4.83. The van der Waals surface area contributed by atoms with Crippen LogP contribution in [0.3, 0.4) is 0 Å². The first-order valence-corrected chi connectivity index (χ1v) is 6.57. The molecule has 0 radical (unpaired) electrons. The smallest absolute Gasteiger partial charge is 0.00976 e. The quantitative estimate of drug-likeness (QED) is 0.609. The maximum absolute atomic E-state index is 2.52. The van der Waals surface area contributed by atoms with Crippen molar-refractivity contribution in [3.63, 3.8) is 0 Å². The summed E-state index contributed by atoms with van der Waals surface area (Å²) in [6.07, 6.45) is 5.22. The second-order valence-corrected chi connectivity index (χ2v) is 6.93. The zero-order valence-electron chi connectivity index (χ0n) is 11.0. The second kappa shape index (κ2) is 2.91. The van der Waals surface area contributed by atoms with Crippen molar-refractivity contribution in [2.45, 2.75) is 64.2 Å². The number of aryl methyl sites for hydroxylation is 2. The highest BCUT2D eigenvalue weighted by molar-refractivity contribution is 5.49. The van der Waals surface area contributed by atoms with Gasteiger partial charge in [-0.2, -0.15) is 0 Å². The SMILES string of the molecule is CC1(C)CCc2cc3c(cc21)CCC3(C)C. The number of benzene rings is 1. The zero-order valence-corrected chi connectivity index (χ0v) is 11.0. The fourth-order valence-electron chi connectivity index (χ4n) is 3.53. The summed E-state index contributed by atoms with van der Waals surface area (Å²) in [6.45, 7) is 9.58. The van der Waals surface area contributed by atoms with Crippen molar-refractivity contribution < 1.29 is 0 Å². The summed E-state index contributed by atoms with van der Waals surface area (Å²) in [4.78, 5) is 0. The Morgan fingerprint density at radius 2 is 1.12 bits per heavy atom. The highest BCUT2D eigenvalue weighted by atomic mass is 14.4. The van der Waals surface area contributed by atoms with Crippen molar-refractivity contribution in [2.75, 3.05) is 0 Å². The van der Waals surface area contributed by atoms with Crippen LogP contribution < -0.4 is 0 Å². The van der Waals surface area contributed by atoms with Gasteiger partial charge in [0.2, 0.25) is 0 Å². The number of hydrogen-bond acceptors (Lipinski definition) is 0. The van der Waals surface area contributed by atoms with Gasteiger partial charge in [0.1, 0.15) is 0 Å². The van der Waals surface area contributed by atoms with E-state index in [-0.39, 0.29) is 0 Å². The molecule has 0 spiro atoms. The molecular weight excluding hydrogens is 192 g/mol. The topological polar surface area (TPSA) is 0 Å². The van der Waals surface area contributed by atoms with Crippen LogP contribution in [0.25, 0.3) is 0 Å². The lowest BCUT2D eigenvalue weighted by Crippen LogP contribution is -2.14. The zero-order chi connectivity index (χ0) is 11.6. The van der Waals surface area contributed by atoms with Crippen LogP contribution in [0.2, 0.25) is 0 Å². The van der Waals surface area contributed by atoms with Gasteiger partial charge >= 0.3 is 0 Å². The Hall–Kier alpha value is -0.780. The fourth-order valence-corrected chi connectivity index (χ4v) is 3.53. The molecule has 1 aromatic rings. The van der Waals surface area contributed by atoms with E-state index in [1.165, 1.54) is 25.7 Å². The summed E-state index contributed by atoms with van der Waals surface area (Å²) in [7, 11) is 0. The van der Waals surface area contributed by atoms with Gasteiger partial charge in [-0.3, -0.25) is 0 Å². The van der Waals surface area contributed by atoms with Crippen LogP contribution in [-0.2, 0) is 23.7 Å². The van der Waals surface area contributed by atoms with Gasteiger partial charge in [-0.25, -0.2) is 0 Å². The van der Waals surface area contributed by atoms with Crippen LogP contribution in [0.4, 0.5) is 0 Å². The first-order valence-electron chi connectivity index (χ1n) is 6.57. The van der Waals surface area contributed by atoms with Gasteiger partial charge in [0.15, 0.2) is 0 Å². The third-order valence-corrected chi connectivity index (χ3v) is 4.83. The molecule has 0 heteroatoms. The number of fused-ring (bicyclic) bond motifs is 2. The molecule has 0 saturated heterocycles. The Morgan fingerprint density at radius 3 is 1.50 bits per heavy atom. The summed E-state index contributed by atoms with van der Waals surface area (Å²) in [6, 6.07) is 5.04. The van der Waals surface area contributed by atoms with E-state index in [0.29, 0.717) is 10.8 Å². The molecule has 0 nitrogen and oxygen atoms in total. The number of rotatable bonds is 0. The van der Waals surface area contributed by atoms with Gasteiger partial charge in [-0.05, 0) is 58.8 Å². The minimum absolute atomic E-state index is 0.414. The van der Waals surface area contributed by atoms with Gasteiger partial charge in [0.05, 0.1) is 0 Å². The highest BCUT2D eigenvalue weighted by Gasteiger charge is 2.35. The summed E-state index contributed by atoms with van der Waals surface area (Å²) >= 11 is 0. The molecule has 0 fully saturated rings. The molecule has 86 valence electrons. The molecule has 2 aliphatic rings. The maximum atomic E-state index is 2.52. The number of hydrogen-bond donors (Lipinski definition) is 0. The first kappa shape index (κ1) is 10.4. The van der Waals surface area contributed by atoms with E-state index < -0.39 is 0 Å². The summed E-state index contributed by atoms with van der Waals surface area (Å²) < 4.78 is 0. The lowest BCUT2D eigenvalue weighted by molar-refractivity contribution is 0.520. The Kier molecular flexibility index (Phi) is 1.89. The predicted octanol–water partition coefficient (Wildman–Crippen LogP) is 4.13. The minimum atomic E-state index is 0.414. The molecule has 1 aromatic carbocycles. The van der Waals surface area contributed by atoms with Gasteiger partial charge in [0, 0.05) is 0 Å². The van der Waals surface area contributed by atoms with Gasteiger partial charge in [-0.1, -0.05) is 39.8 Å². The highest BCUT2D eigenvalue weighted by Crippen LogP contribution is 2.45. The summed E-state index contributed by atoms with van der Waals surface area (Å²) in [5, 5.41) is 0. The van der Waals surface area contributed by atoms with Gasteiger partial charge < -0.3 is 0 Å². The molecule has 0 unspecified atom stereocenters. The van der Waals surface area contributed by atoms with E-state index >= 15 is 0 Å². The van der Waals surface area contributed by atoms with E-state index in [1.807, 2.05) is 0 Å². The Labute approximate surface area is 99.1 Å². The van der Waals surface area contributed by atoms with Crippen molar-refractivity contribution >= 4 is 0 Å². The van der Waals surface area contributed by atoms with E-state index in [9.17, 15) is 0 Å². The van der Waals surface area contributed by atoms with E-state index in [1.54, 1.807) is 22.3 Å². The van der Waals surface area contributed by atoms with Crippen LogP contribution in [0.1, 0.15) is 62.8 Å². The van der Waals surface area contributed by atoms with E-state index in [2.05, 4.69) is 39.8 Å². The van der Waals surface area contributed by atoms with Crippen LogP contribution >= 0.6 is 0 Å². The largest absolute Gasteiger partial charge is 0.0558 e. The molecule has 0 saturated carbocycles. The van der Waals surface area contributed by atoms with Gasteiger partial charge in [-0.15, -0.1) is 0 Å². The normalized spacial score (nSPS) is 24.2. The molecule has 0 aliphatic heterocycles. The second-order valence-electron chi connectivity index (χ2n) is 6.93. The van der Waals surface area contributed by atoms with E-state index in [4.69, 9.17) is 0 Å². The summed E-state index contributed by atoms with van der Waals surface area (Å²) in [5.41, 5.74) is 7.33. The van der Waals surface area contributed by atoms with Crippen molar-refractivity contribution in [1.29, 1.82) is 0 Å². The Balaban J connectivity index is 2.19. The molecule has 16 heavy (non-hydrogen) atoms. The average Bonchev–Trinajstić information content (AvgIpc) is 2.66. The van der Waals surface area contributed by atoms with Crippen molar-refractivity contribution in [3.05, 3.63) is 34.4 Å². The summed E-state index contributed by atoms with van der Waals surface area (Å²) in [5.74, 6) is 0. The molecule has 3 rings (SSSR count). The van der Waals surface area contributed by atoms with Crippen LogP contribution in [0.5, 0.6) is 0 Å². The van der Waals surface area contributed by atoms with Crippen LogP contribution in [0, 0.1) is 0 Å². The lowest BCUT2D eigenvalue weighted by atomic mass is 9.82. The van der Waals surface area contributed by atoms with Crippen LogP contribution in [-0.4, -0.2) is 0 Å². The predicted molar refractivity (Wildman–Crippen MR) is 69.1 cm³/mol. The molecule has 2 aliphatic carbocycles. The van der Waals surface area contributed by atoms with E-state index in [0.717, 1.165) is 0 Å². The minimum Gasteiger partial charge on any atom is -0.0558 e. The molecule has 0 atom stereocenters. The molecule has 0 amide bonds. The third kappa shape index (κ3) is 1.28. The molecular formula is C16H22. The molecule has 0 bridgehead atoms. The fraction of sp³-hybridized carbons (Fsp3) is 0.625. The standard InChI is InChI=1S/C16H22/c1-15(2)7-5-11-10-14-12(9-13(11)15)6-8-16(14,3)4/h9-10H,5-8H2,1-4H3. The van der Waals surface area contributed by atoms with Gasteiger partial charge in [0.25, 0.3) is 0 Å². The first-order chi connectivity index (χ1) is 7.40. The average molecular weight is 214 g/mol. The maximum Gasteiger partial charge on any atom is -0.00976 e. The Morgan fingerprint density at radius 1 is 0.750 bits per heavy atom. The Bertz CT molecular complexity index is 406. The van der Waals surface area contributed by atoms with Crippen molar-refractivity contribution in [1.82, 2.24) is 0 Å². The van der Waals surface area contributed by atoms with Crippen LogP contribution in [0.15, 0.2) is 12.1 Å². The molecule has 0 heterocycles. The lowest BCUT2D eigenvalue weighted by Gasteiger charge is -2.22. The van der Waals surface area contributed by atoms with Crippen molar-refractivity contribution in [3.8, 4) is 0 Å².